The zero-order chi connectivity index (χ0) is 9.76. The number of fused-ring (bicyclic) bond motifs is 1. The summed E-state index contributed by atoms with van der Waals surface area (Å²) in [6.07, 6.45) is 8.86. The van der Waals surface area contributed by atoms with Crippen LogP contribution in [0.2, 0.25) is 0 Å². The Labute approximate surface area is 87.7 Å². The van der Waals surface area contributed by atoms with Crippen LogP contribution in [0.4, 0.5) is 0 Å². The molecule has 0 aromatic rings. The summed E-state index contributed by atoms with van der Waals surface area (Å²) in [5, 5.41) is 3.91. The van der Waals surface area contributed by atoms with Crippen LogP contribution < -0.4 is 5.32 Å². The molecule has 3 aliphatic carbocycles. The van der Waals surface area contributed by atoms with Gasteiger partial charge in [0.2, 0.25) is 0 Å². The second-order valence-electron chi connectivity index (χ2n) is 6.18. The molecule has 1 N–H and O–H groups in total. The van der Waals surface area contributed by atoms with E-state index >= 15 is 0 Å². The van der Waals surface area contributed by atoms with Gasteiger partial charge in [-0.1, -0.05) is 13.3 Å². The summed E-state index contributed by atoms with van der Waals surface area (Å²) in [7, 11) is 0. The molecule has 4 atom stereocenters. The van der Waals surface area contributed by atoms with Crippen molar-refractivity contribution >= 4 is 0 Å². The quantitative estimate of drug-likeness (QED) is 0.726. The molecule has 0 saturated heterocycles. The van der Waals surface area contributed by atoms with Crippen molar-refractivity contribution in [3.05, 3.63) is 0 Å². The molecule has 3 fully saturated rings. The lowest BCUT2D eigenvalue weighted by Crippen LogP contribution is -2.44. The normalized spacial score (nSPS) is 48.4. The lowest BCUT2D eigenvalue weighted by molar-refractivity contribution is 0.237. The number of nitrogens with one attached hydrogen (secondary N) is 1. The summed E-state index contributed by atoms with van der Waals surface area (Å²) in [5.74, 6) is 2.08. The maximum Gasteiger partial charge on any atom is 0.0126 e. The Hall–Kier alpha value is -0.0400. The fraction of sp³-hybridized carbons (Fsp3) is 1.00. The monoisotopic (exact) mass is 193 g/mol. The number of hydrogen-bond acceptors (Lipinski definition) is 1. The number of rotatable bonds is 3. The van der Waals surface area contributed by atoms with E-state index in [-0.39, 0.29) is 0 Å². The van der Waals surface area contributed by atoms with E-state index in [1.165, 1.54) is 38.5 Å². The van der Waals surface area contributed by atoms with Crippen LogP contribution in [0.5, 0.6) is 0 Å². The van der Waals surface area contributed by atoms with Crippen molar-refractivity contribution in [2.75, 3.05) is 0 Å². The third-order valence-electron chi connectivity index (χ3n) is 5.09. The predicted molar refractivity (Wildman–Crippen MR) is 59.2 cm³/mol. The summed E-state index contributed by atoms with van der Waals surface area (Å²) >= 11 is 0. The standard InChI is InChI=1S/C13H23N/c1-9(10-6-7-10)14-12-5-3-4-11-8-13(11,12)2/h9-12,14H,3-8H2,1-2H3. The minimum atomic E-state index is 0.696. The molecule has 3 aliphatic rings. The van der Waals surface area contributed by atoms with E-state index in [2.05, 4.69) is 19.2 Å². The van der Waals surface area contributed by atoms with Gasteiger partial charge in [0.25, 0.3) is 0 Å². The van der Waals surface area contributed by atoms with Crippen LogP contribution in [-0.4, -0.2) is 12.1 Å². The molecule has 0 heterocycles. The summed E-state index contributed by atoms with van der Waals surface area (Å²) < 4.78 is 0. The molecule has 0 aliphatic heterocycles. The molecular weight excluding hydrogens is 170 g/mol. The van der Waals surface area contributed by atoms with E-state index in [4.69, 9.17) is 0 Å². The number of hydrogen-bond donors (Lipinski definition) is 1. The van der Waals surface area contributed by atoms with E-state index in [9.17, 15) is 0 Å². The van der Waals surface area contributed by atoms with E-state index in [1.54, 1.807) is 0 Å². The van der Waals surface area contributed by atoms with E-state index in [0.29, 0.717) is 5.41 Å². The van der Waals surface area contributed by atoms with Crippen molar-refractivity contribution < 1.29 is 0 Å². The summed E-state index contributed by atoms with van der Waals surface area (Å²) in [4.78, 5) is 0. The van der Waals surface area contributed by atoms with Gasteiger partial charge in [0.05, 0.1) is 0 Å². The Kier molecular flexibility index (Phi) is 1.96. The molecule has 3 saturated carbocycles. The average Bonchev–Trinajstić information content (AvgIpc) is 2.95. The molecule has 3 rings (SSSR count). The second-order valence-corrected chi connectivity index (χ2v) is 6.18. The fourth-order valence-electron chi connectivity index (χ4n) is 3.55. The molecule has 1 heteroatoms. The molecular formula is C13H23N. The third kappa shape index (κ3) is 1.41. The highest BCUT2D eigenvalue weighted by molar-refractivity contribution is 5.09. The van der Waals surface area contributed by atoms with Crippen LogP contribution in [0.15, 0.2) is 0 Å². The Morgan fingerprint density at radius 1 is 1.21 bits per heavy atom. The molecule has 0 amide bonds. The lowest BCUT2D eigenvalue weighted by atomic mass is 9.84. The van der Waals surface area contributed by atoms with E-state index < -0.39 is 0 Å². The first-order chi connectivity index (χ1) is 6.70. The van der Waals surface area contributed by atoms with Gasteiger partial charge >= 0.3 is 0 Å². The largest absolute Gasteiger partial charge is 0.311 e. The highest BCUT2D eigenvalue weighted by Gasteiger charge is 2.56. The molecule has 14 heavy (non-hydrogen) atoms. The molecule has 0 aromatic carbocycles. The molecule has 80 valence electrons. The molecule has 0 radical (unpaired) electrons. The van der Waals surface area contributed by atoms with Crippen molar-refractivity contribution in [2.24, 2.45) is 17.3 Å². The van der Waals surface area contributed by atoms with Crippen LogP contribution >= 0.6 is 0 Å². The topological polar surface area (TPSA) is 12.0 Å². The fourth-order valence-corrected chi connectivity index (χ4v) is 3.55. The second kappa shape index (κ2) is 2.98. The van der Waals surface area contributed by atoms with Crippen molar-refractivity contribution in [3.8, 4) is 0 Å². The summed E-state index contributed by atoms with van der Waals surface area (Å²) in [5.41, 5.74) is 0.696. The van der Waals surface area contributed by atoms with Gasteiger partial charge in [0.1, 0.15) is 0 Å². The molecule has 0 spiro atoms. The molecule has 1 nitrogen and oxygen atoms in total. The first kappa shape index (κ1) is 9.21. The van der Waals surface area contributed by atoms with Crippen molar-refractivity contribution in [1.82, 2.24) is 5.32 Å². The molecule has 0 bridgehead atoms. The van der Waals surface area contributed by atoms with Gasteiger partial charge in [0.15, 0.2) is 0 Å². The van der Waals surface area contributed by atoms with E-state index in [0.717, 1.165) is 23.9 Å². The van der Waals surface area contributed by atoms with Gasteiger partial charge in [-0.3, -0.25) is 0 Å². The van der Waals surface area contributed by atoms with Crippen molar-refractivity contribution in [3.63, 3.8) is 0 Å². The minimum absolute atomic E-state index is 0.696. The average molecular weight is 193 g/mol. The van der Waals surface area contributed by atoms with Gasteiger partial charge in [-0.05, 0) is 56.3 Å². The maximum absolute atomic E-state index is 3.91. The highest BCUT2D eigenvalue weighted by atomic mass is 15.0. The van der Waals surface area contributed by atoms with Gasteiger partial charge < -0.3 is 5.32 Å². The molecule has 4 unspecified atom stereocenters. The van der Waals surface area contributed by atoms with Crippen molar-refractivity contribution in [2.45, 2.75) is 64.5 Å². The van der Waals surface area contributed by atoms with Gasteiger partial charge in [-0.25, -0.2) is 0 Å². The van der Waals surface area contributed by atoms with Crippen molar-refractivity contribution in [1.29, 1.82) is 0 Å². The first-order valence-corrected chi connectivity index (χ1v) is 6.46. The molecule has 0 aromatic heterocycles. The zero-order valence-corrected chi connectivity index (χ0v) is 9.55. The van der Waals surface area contributed by atoms with Crippen LogP contribution in [0, 0.1) is 17.3 Å². The first-order valence-electron chi connectivity index (χ1n) is 6.46. The van der Waals surface area contributed by atoms with Gasteiger partial charge in [0, 0.05) is 12.1 Å². The van der Waals surface area contributed by atoms with Gasteiger partial charge in [-0.15, -0.1) is 0 Å². The highest BCUT2D eigenvalue weighted by Crippen LogP contribution is 2.61. The zero-order valence-electron chi connectivity index (χ0n) is 9.55. The Bertz CT molecular complexity index is 233. The predicted octanol–water partition coefficient (Wildman–Crippen LogP) is 2.95. The van der Waals surface area contributed by atoms with Crippen LogP contribution in [-0.2, 0) is 0 Å². The summed E-state index contributed by atoms with van der Waals surface area (Å²) in [6, 6.07) is 1.63. The Morgan fingerprint density at radius 2 is 2.00 bits per heavy atom. The van der Waals surface area contributed by atoms with Crippen LogP contribution in [0.3, 0.4) is 0 Å². The Morgan fingerprint density at radius 3 is 2.71 bits per heavy atom. The Balaban J connectivity index is 1.60. The van der Waals surface area contributed by atoms with Gasteiger partial charge in [-0.2, -0.15) is 0 Å². The minimum Gasteiger partial charge on any atom is -0.311 e. The van der Waals surface area contributed by atoms with Crippen LogP contribution in [0.25, 0.3) is 0 Å². The van der Waals surface area contributed by atoms with Crippen LogP contribution in [0.1, 0.15) is 52.4 Å². The van der Waals surface area contributed by atoms with E-state index in [1.807, 2.05) is 0 Å². The lowest BCUT2D eigenvalue weighted by Gasteiger charge is -2.32. The maximum atomic E-state index is 3.91. The summed E-state index contributed by atoms with van der Waals surface area (Å²) in [6.45, 7) is 4.90. The smallest absolute Gasteiger partial charge is 0.0126 e. The third-order valence-corrected chi connectivity index (χ3v) is 5.09. The SMILES string of the molecule is CC(NC1CCCC2CC21C)C1CC1.